The number of nitrogens with zero attached hydrogens (tertiary/aromatic N) is 1. The van der Waals surface area contributed by atoms with Crippen molar-refractivity contribution in [2.75, 3.05) is 14.2 Å². The molecule has 3 aromatic rings. The molecule has 0 spiro atoms. The van der Waals surface area contributed by atoms with Gasteiger partial charge in [0.2, 0.25) is 5.52 Å². The van der Waals surface area contributed by atoms with Gasteiger partial charge in [0.1, 0.15) is 12.6 Å². The van der Waals surface area contributed by atoms with E-state index in [1.165, 1.54) is 0 Å². The molecule has 0 saturated heterocycles. The first-order chi connectivity index (χ1) is 15.4. The summed E-state index contributed by atoms with van der Waals surface area (Å²) in [5.74, 6) is 1.18. The Bertz CT molecular complexity index is 1230. The Hall–Kier alpha value is -3.38. The zero-order valence-electron chi connectivity index (χ0n) is 17.8. The van der Waals surface area contributed by atoms with E-state index in [1.807, 2.05) is 66.3 Å². The largest absolute Gasteiger partial charge is 0.741 e. The van der Waals surface area contributed by atoms with E-state index in [9.17, 15) is 18.0 Å². The van der Waals surface area contributed by atoms with E-state index in [2.05, 4.69) is 5.32 Å². The number of benzene rings is 2. The number of carbonyl (C=O) groups excluding carboxylic acids is 1. The lowest BCUT2D eigenvalue weighted by molar-refractivity contribution is -0.645. The molecule has 0 radical (unpaired) electrons. The first kappa shape index (κ1) is 25.9. The molecule has 0 unspecified atom stereocenters. The number of amides is 1. The van der Waals surface area contributed by atoms with Gasteiger partial charge in [-0.3, -0.25) is 4.79 Å². The van der Waals surface area contributed by atoms with Crippen LogP contribution in [0.4, 0.5) is 13.2 Å². The van der Waals surface area contributed by atoms with Crippen LogP contribution in [-0.2, 0) is 23.7 Å². The van der Waals surface area contributed by atoms with Gasteiger partial charge in [-0.1, -0.05) is 30.3 Å². The monoisotopic (exact) mass is 485 g/mol. The number of ether oxygens (including phenoxy) is 2. The maximum Gasteiger partial charge on any atom is 0.485 e. The third-order valence-electron chi connectivity index (χ3n) is 4.40. The summed E-state index contributed by atoms with van der Waals surface area (Å²) in [7, 11) is -0.982. The van der Waals surface area contributed by atoms with Crippen LogP contribution in [0.2, 0.25) is 0 Å². The summed E-state index contributed by atoms with van der Waals surface area (Å²) in [4.78, 5) is 12.5. The SMILES string of the molecule is COc1cc2cc(C(=O)NCc3ccccc3)c[n+]([11CH3])c2cc1OC.O=S(=O)([O-])C(F)(F)F. The number of rotatable bonds is 5. The lowest BCUT2D eigenvalue weighted by Crippen LogP contribution is -2.32. The fourth-order valence-electron chi connectivity index (χ4n) is 2.79. The van der Waals surface area contributed by atoms with E-state index in [0.29, 0.717) is 23.6 Å². The average Bonchev–Trinajstić information content (AvgIpc) is 2.76. The molecule has 0 aliphatic rings. The van der Waals surface area contributed by atoms with Gasteiger partial charge in [-0.2, -0.15) is 13.2 Å². The average molecular weight is 485 g/mol. The van der Waals surface area contributed by atoms with E-state index < -0.39 is 15.6 Å². The number of aryl methyl sites for hydroxylation is 1. The summed E-state index contributed by atoms with van der Waals surface area (Å²) < 4.78 is 71.5. The van der Waals surface area contributed by atoms with Crippen molar-refractivity contribution in [2.24, 2.45) is 7.05 Å². The summed E-state index contributed by atoms with van der Waals surface area (Å²) in [5, 5.41) is 3.86. The molecule has 178 valence electrons. The van der Waals surface area contributed by atoms with Gasteiger partial charge in [0.15, 0.2) is 27.8 Å². The molecule has 8 nitrogen and oxygen atoms in total. The van der Waals surface area contributed by atoms with E-state index in [0.717, 1.165) is 16.5 Å². The molecular weight excluding hydrogens is 464 g/mol. The number of pyridine rings is 1. The van der Waals surface area contributed by atoms with Gasteiger partial charge in [-0.15, -0.1) is 0 Å². The zero-order valence-corrected chi connectivity index (χ0v) is 18.7. The fourth-order valence-corrected chi connectivity index (χ4v) is 2.79. The van der Waals surface area contributed by atoms with Crippen molar-refractivity contribution in [3.05, 3.63) is 65.9 Å². The van der Waals surface area contributed by atoms with Crippen LogP contribution in [0.1, 0.15) is 15.9 Å². The number of aromatic nitrogens is 1. The lowest BCUT2D eigenvalue weighted by atomic mass is 10.1. The van der Waals surface area contributed by atoms with E-state index in [-0.39, 0.29) is 5.91 Å². The smallest absolute Gasteiger partial charge is 0.485 e. The van der Waals surface area contributed by atoms with Crippen molar-refractivity contribution in [3.63, 3.8) is 0 Å². The maximum atomic E-state index is 12.5. The van der Waals surface area contributed by atoms with Crippen molar-refractivity contribution in [3.8, 4) is 11.5 Å². The van der Waals surface area contributed by atoms with Gasteiger partial charge in [-0.05, 0) is 17.7 Å². The second-order valence-electron chi connectivity index (χ2n) is 6.67. The summed E-state index contributed by atoms with van der Waals surface area (Å²) in [6, 6.07) is 15.5. The summed E-state index contributed by atoms with van der Waals surface area (Å²) in [6.45, 7) is 0.493. The summed E-state index contributed by atoms with van der Waals surface area (Å²) >= 11 is 0. The number of nitrogens with one attached hydrogen (secondary N) is 1. The molecular formula is C21H21F3N2O6S. The van der Waals surface area contributed by atoms with E-state index in [4.69, 9.17) is 22.4 Å². The Morgan fingerprint density at radius 1 is 1.06 bits per heavy atom. The second kappa shape index (κ2) is 10.5. The summed E-state index contributed by atoms with van der Waals surface area (Å²) in [6.07, 6.45) is 1.81. The number of carbonyl (C=O) groups is 1. The quantitative estimate of drug-likeness (QED) is 0.338. The number of fused-ring (bicyclic) bond motifs is 1. The van der Waals surface area contributed by atoms with Crippen LogP contribution in [0.5, 0.6) is 11.5 Å². The maximum absolute atomic E-state index is 12.5. The number of alkyl halides is 3. The highest BCUT2D eigenvalue weighted by atomic mass is 32.2. The molecule has 2 aromatic carbocycles. The van der Waals surface area contributed by atoms with Crippen LogP contribution in [0.15, 0.2) is 54.7 Å². The second-order valence-corrected chi connectivity index (χ2v) is 8.04. The minimum Gasteiger partial charge on any atom is -0.741 e. The third kappa shape index (κ3) is 6.80. The first-order valence-corrected chi connectivity index (χ1v) is 10.7. The van der Waals surface area contributed by atoms with Crippen molar-refractivity contribution in [1.82, 2.24) is 5.32 Å². The Morgan fingerprint density at radius 3 is 2.12 bits per heavy atom. The number of halogens is 3. The van der Waals surface area contributed by atoms with Gasteiger partial charge < -0.3 is 19.3 Å². The molecule has 0 aliphatic heterocycles. The molecule has 33 heavy (non-hydrogen) atoms. The Labute approximate surface area is 188 Å². The molecule has 3 rings (SSSR count). The Morgan fingerprint density at radius 2 is 1.61 bits per heavy atom. The molecule has 0 atom stereocenters. The molecule has 1 N–H and O–H groups in total. The normalized spacial score (nSPS) is 11.4. The molecule has 1 amide bonds. The highest BCUT2D eigenvalue weighted by molar-refractivity contribution is 7.86. The summed E-state index contributed by atoms with van der Waals surface area (Å²) in [5.41, 5.74) is -3.03. The van der Waals surface area contributed by atoms with Crippen LogP contribution < -0.4 is 19.4 Å². The minimum atomic E-state index is -6.09. The molecule has 0 fully saturated rings. The molecule has 12 heteroatoms. The molecule has 1 aromatic heterocycles. The molecule has 0 aliphatic carbocycles. The molecule has 0 bridgehead atoms. The highest BCUT2D eigenvalue weighted by Gasteiger charge is 2.36. The number of hydrogen-bond donors (Lipinski definition) is 1. The predicted molar refractivity (Wildman–Crippen MR) is 112 cm³/mol. The first-order valence-electron chi connectivity index (χ1n) is 9.27. The molecule has 1 heterocycles. The third-order valence-corrected chi connectivity index (χ3v) is 4.97. The van der Waals surface area contributed by atoms with Gasteiger partial charge in [-0.25, -0.2) is 13.0 Å². The van der Waals surface area contributed by atoms with E-state index in [1.54, 1.807) is 14.2 Å². The zero-order chi connectivity index (χ0) is 24.8. The minimum absolute atomic E-state index is 0.115. The Kier molecular flexibility index (Phi) is 8.23. The van der Waals surface area contributed by atoms with Crippen molar-refractivity contribution in [1.29, 1.82) is 0 Å². The van der Waals surface area contributed by atoms with Crippen LogP contribution in [0, 0.1) is 0 Å². The highest BCUT2D eigenvalue weighted by Crippen LogP contribution is 2.31. The standard InChI is InChI=1S/C20H20N2O3.CHF3O3S/c1-22-13-16(20(23)21-12-14-7-5-4-6-8-14)9-15-10-18(24-2)19(25-3)11-17(15)22;2-1(3,4)8(5,6)7/h4-11,13H,12H2,1-3H3;(H,5,6,7)/i1-1;. The lowest BCUT2D eigenvalue weighted by Gasteiger charge is -2.09. The van der Waals surface area contributed by atoms with Crippen molar-refractivity contribution < 1.29 is 45.0 Å². The number of hydrogen-bond acceptors (Lipinski definition) is 6. The Balaban J connectivity index is 0.000000414. The van der Waals surface area contributed by atoms with E-state index >= 15 is 0 Å². The molecule has 0 saturated carbocycles. The van der Waals surface area contributed by atoms with Gasteiger partial charge in [0.05, 0.1) is 25.7 Å². The topological polar surface area (TPSA) is 109 Å². The van der Waals surface area contributed by atoms with Crippen LogP contribution in [-0.4, -0.2) is 38.6 Å². The van der Waals surface area contributed by atoms with Crippen LogP contribution in [0.3, 0.4) is 0 Å². The fraction of sp³-hybridized carbons (Fsp3) is 0.238. The number of methoxy groups -OCH3 is 2. The predicted octanol–water partition coefficient (Wildman–Crippen LogP) is 2.66. The van der Waals surface area contributed by atoms with Crippen LogP contribution >= 0.6 is 0 Å². The van der Waals surface area contributed by atoms with Crippen molar-refractivity contribution >= 4 is 26.9 Å². The van der Waals surface area contributed by atoms with Crippen LogP contribution in [0.25, 0.3) is 10.9 Å². The van der Waals surface area contributed by atoms with Gasteiger partial charge in [0.25, 0.3) is 5.91 Å². The van der Waals surface area contributed by atoms with Gasteiger partial charge >= 0.3 is 5.51 Å². The van der Waals surface area contributed by atoms with Gasteiger partial charge in [0, 0.05) is 6.54 Å². The van der Waals surface area contributed by atoms with Crippen molar-refractivity contribution in [2.45, 2.75) is 12.1 Å².